The highest BCUT2D eigenvalue weighted by atomic mass is 16.5. The molecule has 0 aliphatic carbocycles. The first kappa shape index (κ1) is 21.7. The van der Waals surface area contributed by atoms with Gasteiger partial charge < -0.3 is 24.3 Å². The van der Waals surface area contributed by atoms with Crippen molar-refractivity contribution in [2.24, 2.45) is 0 Å². The lowest BCUT2D eigenvalue weighted by molar-refractivity contribution is -0.142. The average Bonchev–Trinajstić information content (AvgIpc) is 2.80. The molecule has 0 aliphatic rings. The number of carbonyl (C=O) groups is 2. The fourth-order valence-electron chi connectivity index (χ4n) is 3.07. The smallest absolute Gasteiger partial charge is 0.331 e. The van der Waals surface area contributed by atoms with Crippen molar-refractivity contribution in [2.75, 3.05) is 33.3 Å². The Hall–Kier alpha value is -4.00. The molecule has 7 heteroatoms. The van der Waals surface area contributed by atoms with Crippen LogP contribution in [0.15, 0.2) is 60.7 Å². The highest BCUT2D eigenvalue weighted by Gasteiger charge is 2.12. The van der Waals surface area contributed by atoms with E-state index in [0.29, 0.717) is 28.5 Å². The van der Waals surface area contributed by atoms with Gasteiger partial charge in [0.25, 0.3) is 5.91 Å². The molecule has 0 aromatic heterocycles. The van der Waals surface area contributed by atoms with Crippen molar-refractivity contribution >= 4 is 34.4 Å². The molecule has 0 bridgehead atoms. The summed E-state index contributed by atoms with van der Waals surface area (Å²) in [4.78, 5) is 24.3. The molecule has 160 valence electrons. The van der Waals surface area contributed by atoms with Gasteiger partial charge in [0.15, 0.2) is 18.1 Å². The van der Waals surface area contributed by atoms with Crippen LogP contribution in [-0.4, -0.2) is 39.8 Å². The highest BCUT2D eigenvalue weighted by molar-refractivity contribution is 6.03. The molecule has 1 amide bonds. The Bertz CT molecular complexity index is 1090. The normalized spacial score (nSPS) is 10.7. The van der Waals surface area contributed by atoms with E-state index < -0.39 is 18.5 Å². The van der Waals surface area contributed by atoms with Crippen molar-refractivity contribution in [3.63, 3.8) is 0 Å². The Labute approximate surface area is 180 Å². The van der Waals surface area contributed by atoms with Gasteiger partial charge >= 0.3 is 5.97 Å². The van der Waals surface area contributed by atoms with Gasteiger partial charge in [-0.15, -0.1) is 0 Å². The summed E-state index contributed by atoms with van der Waals surface area (Å²) in [6.07, 6.45) is 2.77. The molecule has 3 aromatic carbocycles. The molecular formula is C24H23NO6. The van der Waals surface area contributed by atoms with E-state index in [1.54, 1.807) is 18.2 Å². The van der Waals surface area contributed by atoms with Gasteiger partial charge in [0, 0.05) is 17.1 Å². The van der Waals surface area contributed by atoms with Crippen LogP contribution in [0.1, 0.15) is 5.56 Å². The number of fused-ring (bicyclic) bond motifs is 1. The molecular weight excluding hydrogens is 398 g/mol. The zero-order valence-electron chi connectivity index (χ0n) is 17.5. The van der Waals surface area contributed by atoms with Crippen LogP contribution in [0.2, 0.25) is 0 Å². The summed E-state index contributed by atoms with van der Waals surface area (Å²) in [6, 6.07) is 16.7. The fourth-order valence-corrected chi connectivity index (χ4v) is 3.07. The molecule has 7 nitrogen and oxygen atoms in total. The zero-order chi connectivity index (χ0) is 22.2. The lowest BCUT2D eigenvalue weighted by Crippen LogP contribution is -2.20. The maximum Gasteiger partial charge on any atom is 0.331 e. The number of methoxy groups -OCH3 is 3. The molecule has 0 spiro atoms. The van der Waals surface area contributed by atoms with Crippen molar-refractivity contribution in [2.45, 2.75) is 0 Å². The van der Waals surface area contributed by atoms with E-state index in [-0.39, 0.29) is 0 Å². The highest BCUT2D eigenvalue weighted by Crippen LogP contribution is 2.38. The first-order valence-corrected chi connectivity index (χ1v) is 9.48. The van der Waals surface area contributed by atoms with Crippen LogP contribution in [0.5, 0.6) is 17.2 Å². The Balaban J connectivity index is 1.61. The fraction of sp³-hybridized carbons (Fsp3) is 0.167. The number of ether oxygens (including phenoxy) is 4. The molecule has 0 saturated heterocycles. The molecule has 0 aliphatic heterocycles. The van der Waals surface area contributed by atoms with Crippen molar-refractivity contribution in [1.82, 2.24) is 0 Å². The second-order valence-corrected chi connectivity index (χ2v) is 6.47. The molecule has 3 rings (SSSR count). The average molecular weight is 421 g/mol. The van der Waals surface area contributed by atoms with Gasteiger partial charge in [0.1, 0.15) is 0 Å². The summed E-state index contributed by atoms with van der Waals surface area (Å²) in [7, 11) is 4.53. The van der Waals surface area contributed by atoms with Gasteiger partial charge in [-0.1, -0.05) is 36.4 Å². The maximum absolute atomic E-state index is 12.2. The third kappa shape index (κ3) is 5.33. The van der Waals surface area contributed by atoms with Crippen LogP contribution >= 0.6 is 0 Å². The Morgan fingerprint density at radius 1 is 0.903 bits per heavy atom. The summed E-state index contributed by atoms with van der Waals surface area (Å²) < 4.78 is 20.9. The van der Waals surface area contributed by atoms with E-state index in [1.165, 1.54) is 33.5 Å². The minimum Gasteiger partial charge on any atom is -0.493 e. The van der Waals surface area contributed by atoms with E-state index in [1.807, 2.05) is 36.4 Å². The number of benzene rings is 3. The SMILES string of the molecule is COc1cc(C=CC(=O)OCC(=O)Nc2cccc3ccccc23)cc(OC)c1OC. The van der Waals surface area contributed by atoms with Gasteiger partial charge in [0.05, 0.1) is 21.3 Å². The van der Waals surface area contributed by atoms with Crippen LogP contribution in [0, 0.1) is 0 Å². The summed E-state index contributed by atoms with van der Waals surface area (Å²) in [5, 5.41) is 4.68. The first-order valence-electron chi connectivity index (χ1n) is 9.48. The second kappa shape index (κ2) is 10.2. The summed E-state index contributed by atoms with van der Waals surface area (Å²) in [5.41, 5.74) is 1.30. The van der Waals surface area contributed by atoms with E-state index in [0.717, 1.165) is 10.8 Å². The number of hydrogen-bond acceptors (Lipinski definition) is 6. The maximum atomic E-state index is 12.2. The van der Waals surface area contributed by atoms with Crippen LogP contribution in [0.4, 0.5) is 5.69 Å². The lowest BCUT2D eigenvalue weighted by atomic mass is 10.1. The van der Waals surface area contributed by atoms with Crippen molar-refractivity contribution in [3.05, 3.63) is 66.2 Å². The molecule has 31 heavy (non-hydrogen) atoms. The number of nitrogens with one attached hydrogen (secondary N) is 1. The molecule has 1 N–H and O–H groups in total. The standard InChI is InChI=1S/C24H23NO6/c1-28-20-13-16(14-21(29-2)24(20)30-3)11-12-23(27)31-15-22(26)25-19-10-6-8-17-7-4-5-9-18(17)19/h4-14H,15H2,1-3H3,(H,25,26). The van der Waals surface area contributed by atoms with E-state index in [9.17, 15) is 9.59 Å². The molecule has 0 fully saturated rings. The quantitative estimate of drug-likeness (QED) is 0.436. The van der Waals surface area contributed by atoms with Gasteiger partial charge in [-0.2, -0.15) is 0 Å². The van der Waals surface area contributed by atoms with Crippen LogP contribution < -0.4 is 19.5 Å². The molecule has 0 saturated carbocycles. The number of carbonyl (C=O) groups excluding carboxylic acids is 2. The van der Waals surface area contributed by atoms with Gasteiger partial charge in [-0.05, 0) is 35.2 Å². The third-order valence-electron chi connectivity index (χ3n) is 4.51. The summed E-state index contributed by atoms with van der Waals surface area (Å²) in [6.45, 7) is -0.401. The van der Waals surface area contributed by atoms with Crippen molar-refractivity contribution < 1.29 is 28.5 Å². The number of amides is 1. The summed E-state index contributed by atoms with van der Waals surface area (Å²) >= 11 is 0. The monoisotopic (exact) mass is 421 g/mol. The van der Waals surface area contributed by atoms with Crippen LogP contribution in [0.3, 0.4) is 0 Å². The van der Waals surface area contributed by atoms with E-state index in [4.69, 9.17) is 18.9 Å². The Kier molecular flexibility index (Phi) is 7.11. The second-order valence-electron chi connectivity index (χ2n) is 6.47. The minimum atomic E-state index is -0.651. The molecule has 0 heterocycles. The third-order valence-corrected chi connectivity index (χ3v) is 4.51. The van der Waals surface area contributed by atoms with Gasteiger partial charge in [-0.25, -0.2) is 4.79 Å². The predicted molar refractivity (Wildman–Crippen MR) is 119 cm³/mol. The van der Waals surface area contributed by atoms with Crippen molar-refractivity contribution in [1.29, 1.82) is 0 Å². The molecule has 0 radical (unpaired) electrons. The molecule has 3 aromatic rings. The summed E-state index contributed by atoms with van der Waals surface area (Å²) in [5.74, 6) is 0.302. The Morgan fingerprint density at radius 3 is 2.26 bits per heavy atom. The zero-order valence-corrected chi connectivity index (χ0v) is 17.5. The first-order chi connectivity index (χ1) is 15.0. The van der Waals surface area contributed by atoms with Gasteiger partial charge in [-0.3, -0.25) is 4.79 Å². The number of esters is 1. The number of anilines is 1. The number of rotatable bonds is 8. The topological polar surface area (TPSA) is 83.1 Å². The van der Waals surface area contributed by atoms with E-state index >= 15 is 0 Å². The minimum absolute atomic E-state index is 0.401. The lowest BCUT2D eigenvalue weighted by Gasteiger charge is -2.12. The van der Waals surface area contributed by atoms with E-state index in [2.05, 4.69) is 5.32 Å². The number of hydrogen-bond donors (Lipinski definition) is 1. The molecule has 0 unspecified atom stereocenters. The van der Waals surface area contributed by atoms with Crippen LogP contribution in [0.25, 0.3) is 16.8 Å². The van der Waals surface area contributed by atoms with Crippen molar-refractivity contribution in [3.8, 4) is 17.2 Å². The van der Waals surface area contributed by atoms with Crippen LogP contribution in [-0.2, 0) is 14.3 Å². The predicted octanol–water partition coefficient (Wildman–Crippen LogP) is 4.06. The molecule has 0 atom stereocenters. The largest absolute Gasteiger partial charge is 0.493 e. The van der Waals surface area contributed by atoms with Gasteiger partial charge in [0.2, 0.25) is 5.75 Å². The Morgan fingerprint density at radius 2 is 1.58 bits per heavy atom.